The Labute approximate surface area is 93.8 Å². The van der Waals surface area contributed by atoms with Gasteiger partial charge in [0.25, 0.3) is 0 Å². The lowest BCUT2D eigenvalue weighted by atomic mass is 10.4. The van der Waals surface area contributed by atoms with E-state index in [2.05, 4.69) is 9.97 Å². The van der Waals surface area contributed by atoms with E-state index >= 15 is 0 Å². The number of hydrogen-bond donors (Lipinski definition) is 0. The molecular formula is C7H6ClIN2O2. The normalized spacial score (nSPS) is 9.77. The molecule has 0 aromatic carbocycles. The highest BCUT2D eigenvalue weighted by molar-refractivity contribution is 14.1. The van der Waals surface area contributed by atoms with E-state index in [0.29, 0.717) is 10.3 Å². The van der Waals surface area contributed by atoms with Crippen LogP contribution < -0.4 is 0 Å². The summed E-state index contributed by atoms with van der Waals surface area (Å²) in [6.45, 7) is 2.05. The van der Waals surface area contributed by atoms with Crippen molar-refractivity contribution in [1.29, 1.82) is 0 Å². The molecule has 0 saturated carbocycles. The van der Waals surface area contributed by atoms with Crippen LogP contribution in [0, 0.1) is 3.70 Å². The first-order valence-corrected chi connectivity index (χ1v) is 4.96. The zero-order valence-corrected chi connectivity index (χ0v) is 9.66. The van der Waals surface area contributed by atoms with Crippen LogP contribution in [0.3, 0.4) is 0 Å². The number of carbonyl (C=O) groups excluding carboxylic acids is 1. The van der Waals surface area contributed by atoms with E-state index < -0.39 is 5.97 Å². The molecule has 0 unspecified atom stereocenters. The maximum absolute atomic E-state index is 11.2. The quantitative estimate of drug-likeness (QED) is 0.618. The summed E-state index contributed by atoms with van der Waals surface area (Å²) in [6, 6.07) is 0. The van der Waals surface area contributed by atoms with Crippen molar-refractivity contribution in [2.75, 3.05) is 6.61 Å². The van der Waals surface area contributed by atoms with E-state index in [-0.39, 0.29) is 10.8 Å². The number of rotatable bonds is 2. The molecule has 1 aromatic rings. The monoisotopic (exact) mass is 312 g/mol. The first-order chi connectivity index (χ1) is 6.15. The number of ether oxygens (including phenoxy) is 1. The summed E-state index contributed by atoms with van der Waals surface area (Å²) in [4.78, 5) is 18.9. The third-order valence-electron chi connectivity index (χ3n) is 1.17. The molecule has 1 rings (SSSR count). The van der Waals surface area contributed by atoms with Crippen LogP contribution in [0.5, 0.6) is 0 Å². The maximum atomic E-state index is 11.2. The van der Waals surface area contributed by atoms with Crippen LogP contribution in [-0.2, 0) is 4.74 Å². The molecule has 1 heterocycles. The highest BCUT2D eigenvalue weighted by Crippen LogP contribution is 2.11. The predicted molar refractivity (Wildman–Crippen MR) is 55.7 cm³/mol. The standard InChI is InChI=1S/C7H6ClIN2O2/c1-2-13-7(12)5-6(9)11-4(8)3-10-5/h3H,2H2,1H3. The number of nitrogens with zero attached hydrogens (tertiary/aromatic N) is 2. The molecule has 1 aromatic heterocycles. The topological polar surface area (TPSA) is 52.1 Å². The molecule has 6 heteroatoms. The van der Waals surface area contributed by atoms with Gasteiger partial charge in [0.15, 0.2) is 5.69 Å². The second-order valence-corrected chi connectivity index (χ2v) is 3.46. The fraction of sp³-hybridized carbons (Fsp3) is 0.286. The Balaban J connectivity index is 2.95. The van der Waals surface area contributed by atoms with Crippen LogP contribution in [0.1, 0.15) is 17.4 Å². The lowest BCUT2D eigenvalue weighted by molar-refractivity contribution is 0.0517. The van der Waals surface area contributed by atoms with Gasteiger partial charge in [-0.2, -0.15) is 0 Å². The van der Waals surface area contributed by atoms with Gasteiger partial charge in [0, 0.05) is 0 Å². The molecular weight excluding hydrogens is 306 g/mol. The Morgan fingerprint density at radius 3 is 3.00 bits per heavy atom. The van der Waals surface area contributed by atoms with Gasteiger partial charge >= 0.3 is 5.97 Å². The summed E-state index contributed by atoms with van der Waals surface area (Å²) in [5.41, 5.74) is 0.201. The fourth-order valence-electron chi connectivity index (χ4n) is 0.683. The van der Waals surface area contributed by atoms with Crippen molar-refractivity contribution in [3.63, 3.8) is 0 Å². The van der Waals surface area contributed by atoms with Gasteiger partial charge in [0.05, 0.1) is 12.8 Å². The van der Waals surface area contributed by atoms with Crippen molar-refractivity contribution in [1.82, 2.24) is 9.97 Å². The average Bonchev–Trinajstić information content (AvgIpc) is 2.04. The highest BCUT2D eigenvalue weighted by Gasteiger charge is 2.13. The minimum atomic E-state index is -0.476. The Morgan fingerprint density at radius 2 is 2.46 bits per heavy atom. The van der Waals surface area contributed by atoms with E-state index in [9.17, 15) is 4.79 Å². The molecule has 0 bridgehead atoms. The Kier molecular flexibility index (Phi) is 3.86. The summed E-state index contributed by atoms with van der Waals surface area (Å²) in [5, 5.41) is 0.262. The molecule has 0 aliphatic rings. The SMILES string of the molecule is CCOC(=O)c1ncc(Cl)nc1I. The molecule has 0 spiro atoms. The lowest BCUT2D eigenvalue weighted by Crippen LogP contribution is -2.10. The van der Waals surface area contributed by atoms with Gasteiger partial charge in [-0.05, 0) is 29.5 Å². The third kappa shape index (κ3) is 2.77. The first kappa shape index (κ1) is 10.6. The van der Waals surface area contributed by atoms with Crippen LogP contribution in [0.25, 0.3) is 0 Å². The van der Waals surface area contributed by atoms with Gasteiger partial charge in [0.1, 0.15) is 8.85 Å². The van der Waals surface area contributed by atoms with E-state index in [1.807, 2.05) is 22.6 Å². The van der Waals surface area contributed by atoms with Crippen LogP contribution in [-0.4, -0.2) is 22.5 Å². The van der Waals surface area contributed by atoms with Crippen LogP contribution in [0.15, 0.2) is 6.20 Å². The lowest BCUT2D eigenvalue weighted by Gasteiger charge is -2.01. The Bertz CT molecular complexity index is 332. The smallest absolute Gasteiger partial charge is 0.359 e. The maximum Gasteiger partial charge on any atom is 0.359 e. The number of esters is 1. The molecule has 0 radical (unpaired) electrons. The summed E-state index contributed by atoms with van der Waals surface area (Å²) in [6.07, 6.45) is 1.32. The molecule has 0 saturated heterocycles. The van der Waals surface area contributed by atoms with E-state index in [0.717, 1.165) is 0 Å². The molecule has 0 aliphatic carbocycles. The van der Waals surface area contributed by atoms with E-state index in [4.69, 9.17) is 16.3 Å². The summed E-state index contributed by atoms with van der Waals surface area (Å²) >= 11 is 7.45. The highest BCUT2D eigenvalue weighted by atomic mass is 127. The van der Waals surface area contributed by atoms with Gasteiger partial charge in [-0.1, -0.05) is 11.6 Å². The minimum absolute atomic E-state index is 0.201. The van der Waals surface area contributed by atoms with Crippen molar-refractivity contribution in [2.45, 2.75) is 6.92 Å². The largest absolute Gasteiger partial charge is 0.461 e. The number of halogens is 2. The van der Waals surface area contributed by atoms with E-state index in [1.54, 1.807) is 6.92 Å². The summed E-state index contributed by atoms with van der Waals surface area (Å²) in [5.74, 6) is -0.476. The second-order valence-electron chi connectivity index (χ2n) is 2.05. The van der Waals surface area contributed by atoms with Gasteiger partial charge in [-0.15, -0.1) is 0 Å². The van der Waals surface area contributed by atoms with Gasteiger partial charge in [0.2, 0.25) is 0 Å². The average molecular weight is 312 g/mol. The Morgan fingerprint density at radius 1 is 1.77 bits per heavy atom. The molecule has 0 fully saturated rings. The number of hydrogen-bond acceptors (Lipinski definition) is 4. The van der Waals surface area contributed by atoms with Crippen molar-refractivity contribution in [3.8, 4) is 0 Å². The van der Waals surface area contributed by atoms with Gasteiger partial charge in [-0.25, -0.2) is 14.8 Å². The second kappa shape index (κ2) is 4.71. The Hall–Kier alpha value is -0.430. The fourth-order valence-corrected chi connectivity index (χ4v) is 1.58. The molecule has 4 nitrogen and oxygen atoms in total. The molecule has 0 N–H and O–H groups in total. The molecule has 70 valence electrons. The van der Waals surface area contributed by atoms with E-state index in [1.165, 1.54) is 6.20 Å². The molecule has 0 amide bonds. The predicted octanol–water partition coefficient (Wildman–Crippen LogP) is 1.91. The van der Waals surface area contributed by atoms with Crippen molar-refractivity contribution in [3.05, 3.63) is 20.7 Å². The first-order valence-electron chi connectivity index (χ1n) is 3.50. The van der Waals surface area contributed by atoms with Crippen molar-refractivity contribution >= 4 is 40.2 Å². The molecule has 0 aliphatic heterocycles. The minimum Gasteiger partial charge on any atom is -0.461 e. The number of aromatic nitrogens is 2. The molecule has 13 heavy (non-hydrogen) atoms. The van der Waals surface area contributed by atoms with Crippen LogP contribution >= 0.6 is 34.2 Å². The zero-order chi connectivity index (χ0) is 9.84. The van der Waals surface area contributed by atoms with Crippen molar-refractivity contribution < 1.29 is 9.53 Å². The van der Waals surface area contributed by atoms with Gasteiger partial charge < -0.3 is 4.74 Å². The van der Waals surface area contributed by atoms with Gasteiger partial charge in [-0.3, -0.25) is 0 Å². The van der Waals surface area contributed by atoms with Crippen LogP contribution in [0.4, 0.5) is 0 Å². The summed E-state index contributed by atoms with van der Waals surface area (Å²) < 4.78 is 5.21. The number of carbonyl (C=O) groups is 1. The zero-order valence-electron chi connectivity index (χ0n) is 6.75. The summed E-state index contributed by atoms with van der Waals surface area (Å²) in [7, 11) is 0. The van der Waals surface area contributed by atoms with Crippen LogP contribution in [0.2, 0.25) is 5.15 Å². The van der Waals surface area contributed by atoms with Crippen molar-refractivity contribution in [2.24, 2.45) is 0 Å². The third-order valence-corrected chi connectivity index (χ3v) is 2.10. The molecule has 0 atom stereocenters.